The number of hydrazine groups is 1. The van der Waals surface area contributed by atoms with Gasteiger partial charge in [-0.1, -0.05) is 38.1 Å². The molecule has 2 aromatic carbocycles. The van der Waals surface area contributed by atoms with Crippen molar-refractivity contribution in [2.24, 2.45) is 0 Å². The van der Waals surface area contributed by atoms with Crippen LogP contribution in [0.15, 0.2) is 41.2 Å². The predicted octanol–water partition coefficient (Wildman–Crippen LogP) is 2.39. The molecule has 0 saturated carbocycles. The van der Waals surface area contributed by atoms with Crippen molar-refractivity contribution in [1.82, 2.24) is 25.2 Å². The highest BCUT2D eigenvalue weighted by molar-refractivity contribution is 5.67. The topological polar surface area (TPSA) is 106 Å². The molecule has 0 aliphatic carbocycles. The van der Waals surface area contributed by atoms with Gasteiger partial charge < -0.3 is 10.2 Å². The maximum Gasteiger partial charge on any atom is 0.343 e. The molecule has 3 aromatic rings. The standard InChI is InChI=1S/C21H27N5O3/c1-13(2)16-9-17(19(28)10-18(16)27)20-23-24-21(29)26(20)12-15-7-5-14(6-8-15)11-22-25(3)4/h5-10,13,22,27-28H,11-12H2,1-4H3,(H,24,29). The first-order chi connectivity index (χ1) is 13.8. The highest BCUT2D eigenvalue weighted by atomic mass is 16.3. The quantitative estimate of drug-likeness (QED) is 0.456. The van der Waals surface area contributed by atoms with Crippen molar-refractivity contribution in [3.8, 4) is 22.9 Å². The van der Waals surface area contributed by atoms with Crippen molar-refractivity contribution in [2.45, 2.75) is 32.9 Å². The number of hydrogen-bond acceptors (Lipinski definition) is 6. The lowest BCUT2D eigenvalue weighted by atomic mass is 9.98. The third-order valence-corrected chi connectivity index (χ3v) is 4.73. The summed E-state index contributed by atoms with van der Waals surface area (Å²) in [6, 6.07) is 10.9. The minimum Gasteiger partial charge on any atom is -0.508 e. The molecular formula is C21H27N5O3. The second kappa shape index (κ2) is 8.50. The van der Waals surface area contributed by atoms with Gasteiger partial charge in [0, 0.05) is 26.7 Å². The van der Waals surface area contributed by atoms with Crippen LogP contribution in [0, 0.1) is 0 Å². The number of benzene rings is 2. The van der Waals surface area contributed by atoms with Gasteiger partial charge in [-0.3, -0.25) is 15.0 Å². The number of hydrogen-bond donors (Lipinski definition) is 4. The first-order valence-electron chi connectivity index (χ1n) is 9.46. The Bertz CT molecular complexity index is 1040. The second-order valence-corrected chi connectivity index (χ2v) is 7.57. The van der Waals surface area contributed by atoms with Gasteiger partial charge >= 0.3 is 5.69 Å². The SMILES string of the molecule is CC(C)c1cc(-c2n[nH]c(=O)n2Cc2ccc(CNN(C)C)cc2)c(O)cc1O. The molecule has 0 amide bonds. The average Bonchev–Trinajstić information content (AvgIpc) is 3.01. The van der Waals surface area contributed by atoms with Crippen molar-refractivity contribution >= 4 is 0 Å². The van der Waals surface area contributed by atoms with E-state index in [2.05, 4.69) is 15.6 Å². The molecule has 0 saturated heterocycles. The van der Waals surface area contributed by atoms with Gasteiger partial charge in [-0.15, -0.1) is 0 Å². The number of nitrogens with one attached hydrogen (secondary N) is 2. The van der Waals surface area contributed by atoms with Gasteiger partial charge in [0.1, 0.15) is 11.5 Å². The average molecular weight is 397 g/mol. The van der Waals surface area contributed by atoms with Gasteiger partial charge in [0.25, 0.3) is 0 Å². The molecular weight excluding hydrogens is 370 g/mol. The maximum atomic E-state index is 12.4. The number of nitrogens with zero attached hydrogens (tertiary/aromatic N) is 3. The molecule has 0 spiro atoms. The van der Waals surface area contributed by atoms with Crippen molar-refractivity contribution in [3.05, 3.63) is 63.6 Å². The first kappa shape index (κ1) is 20.6. The van der Waals surface area contributed by atoms with E-state index in [9.17, 15) is 15.0 Å². The van der Waals surface area contributed by atoms with Crippen LogP contribution in [0.3, 0.4) is 0 Å². The van der Waals surface area contributed by atoms with Gasteiger partial charge in [-0.2, -0.15) is 5.10 Å². The molecule has 0 unspecified atom stereocenters. The van der Waals surface area contributed by atoms with Crippen LogP contribution in [-0.4, -0.2) is 44.1 Å². The molecule has 1 heterocycles. The molecule has 3 rings (SSSR count). The van der Waals surface area contributed by atoms with Gasteiger partial charge in [0.15, 0.2) is 5.82 Å². The highest BCUT2D eigenvalue weighted by Gasteiger charge is 2.18. The number of aromatic hydroxyl groups is 2. The van der Waals surface area contributed by atoms with E-state index in [4.69, 9.17) is 0 Å². The molecule has 0 radical (unpaired) electrons. The Labute approximate surface area is 169 Å². The molecule has 8 heteroatoms. The molecule has 0 fully saturated rings. The summed E-state index contributed by atoms with van der Waals surface area (Å²) in [6.07, 6.45) is 0. The molecule has 29 heavy (non-hydrogen) atoms. The minimum absolute atomic E-state index is 0.0209. The van der Waals surface area contributed by atoms with Gasteiger partial charge in [0.05, 0.1) is 12.1 Å². The Morgan fingerprint density at radius 2 is 1.76 bits per heavy atom. The number of rotatable bonds is 7. The Hall–Kier alpha value is -3.10. The van der Waals surface area contributed by atoms with Crippen molar-refractivity contribution < 1.29 is 10.2 Å². The predicted molar refractivity (Wildman–Crippen MR) is 112 cm³/mol. The first-order valence-corrected chi connectivity index (χ1v) is 9.46. The van der Waals surface area contributed by atoms with E-state index < -0.39 is 0 Å². The summed E-state index contributed by atoms with van der Waals surface area (Å²) in [5, 5.41) is 28.9. The number of phenols is 2. The molecule has 0 bridgehead atoms. The van der Waals surface area contributed by atoms with Gasteiger partial charge in [-0.25, -0.2) is 9.89 Å². The summed E-state index contributed by atoms with van der Waals surface area (Å²) in [5.74, 6) is 0.273. The zero-order valence-electron chi connectivity index (χ0n) is 17.1. The lowest BCUT2D eigenvalue weighted by Gasteiger charge is -2.14. The van der Waals surface area contributed by atoms with E-state index in [-0.39, 0.29) is 23.1 Å². The number of aromatic amines is 1. The van der Waals surface area contributed by atoms with Crippen LogP contribution in [0.25, 0.3) is 11.4 Å². The fourth-order valence-electron chi connectivity index (χ4n) is 3.10. The zero-order valence-corrected chi connectivity index (χ0v) is 17.1. The normalized spacial score (nSPS) is 11.5. The lowest BCUT2D eigenvalue weighted by Crippen LogP contribution is -2.29. The Morgan fingerprint density at radius 1 is 1.10 bits per heavy atom. The van der Waals surface area contributed by atoms with E-state index in [0.717, 1.165) is 11.1 Å². The summed E-state index contributed by atoms with van der Waals surface area (Å²) >= 11 is 0. The van der Waals surface area contributed by atoms with Gasteiger partial charge in [0.2, 0.25) is 0 Å². The van der Waals surface area contributed by atoms with Crippen molar-refractivity contribution in [2.75, 3.05) is 14.1 Å². The Balaban J connectivity index is 1.91. The van der Waals surface area contributed by atoms with E-state index in [1.807, 2.05) is 57.2 Å². The van der Waals surface area contributed by atoms with Crippen LogP contribution in [0.2, 0.25) is 0 Å². The van der Waals surface area contributed by atoms with Crippen molar-refractivity contribution in [3.63, 3.8) is 0 Å². The van der Waals surface area contributed by atoms with Crippen LogP contribution >= 0.6 is 0 Å². The smallest absolute Gasteiger partial charge is 0.343 e. The van der Waals surface area contributed by atoms with E-state index in [0.29, 0.717) is 30.0 Å². The van der Waals surface area contributed by atoms with Gasteiger partial charge in [-0.05, 0) is 28.7 Å². The Kier molecular flexibility index (Phi) is 6.05. The lowest BCUT2D eigenvalue weighted by molar-refractivity contribution is 0.286. The van der Waals surface area contributed by atoms with Crippen molar-refractivity contribution in [1.29, 1.82) is 0 Å². The molecule has 1 aromatic heterocycles. The molecule has 0 aliphatic rings. The summed E-state index contributed by atoms with van der Waals surface area (Å²) in [4.78, 5) is 12.4. The third-order valence-electron chi connectivity index (χ3n) is 4.73. The van der Waals surface area contributed by atoms with E-state index in [1.54, 1.807) is 6.07 Å². The summed E-state index contributed by atoms with van der Waals surface area (Å²) < 4.78 is 1.48. The van der Waals surface area contributed by atoms with Crippen LogP contribution < -0.4 is 11.1 Å². The van der Waals surface area contributed by atoms with E-state index in [1.165, 1.54) is 10.6 Å². The fourth-order valence-corrected chi connectivity index (χ4v) is 3.10. The van der Waals surface area contributed by atoms with E-state index >= 15 is 0 Å². The molecule has 8 nitrogen and oxygen atoms in total. The fraction of sp³-hybridized carbons (Fsp3) is 0.333. The summed E-state index contributed by atoms with van der Waals surface area (Å²) in [6.45, 7) is 4.91. The summed E-state index contributed by atoms with van der Waals surface area (Å²) in [7, 11) is 3.87. The monoisotopic (exact) mass is 397 g/mol. The minimum atomic E-state index is -0.364. The van der Waals surface area contributed by atoms with Crippen LogP contribution in [0.4, 0.5) is 0 Å². The van der Waals surface area contributed by atoms with Crippen LogP contribution in [0.1, 0.15) is 36.5 Å². The van der Waals surface area contributed by atoms with Crippen LogP contribution in [-0.2, 0) is 13.1 Å². The zero-order chi connectivity index (χ0) is 21.1. The number of H-pyrrole nitrogens is 1. The third kappa shape index (κ3) is 4.67. The largest absolute Gasteiger partial charge is 0.508 e. The molecule has 4 N–H and O–H groups in total. The molecule has 0 aliphatic heterocycles. The second-order valence-electron chi connectivity index (χ2n) is 7.57. The Morgan fingerprint density at radius 3 is 2.38 bits per heavy atom. The molecule has 0 atom stereocenters. The maximum absolute atomic E-state index is 12.4. The number of phenolic OH excluding ortho intramolecular Hbond substituents is 2. The highest BCUT2D eigenvalue weighted by Crippen LogP contribution is 2.36. The molecule has 154 valence electrons. The van der Waals surface area contributed by atoms with Crippen LogP contribution in [0.5, 0.6) is 11.5 Å². The summed E-state index contributed by atoms with van der Waals surface area (Å²) in [5.41, 5.74) is 5.98. The number of aromatic nitrogens is 3.